The van der Waals surface area contributed by atoms with E-state index in [2.05, 4.69) is 18.7 Å². The molecule has 20 heavy (non-hydrogen) atoms. The zero-order valence-electron chi connectivity index (χ0n) is 12.5. The second kappa shape index (κ2) is 6.02. The van der Waals surface area contributed by atoms with Crippen LogP contribution in [0.25, 0.3) is 0 Å². The number of urea groups is 1. The molecule has 1 aliphatic rings. The fourth-order valence-corrected chi connectivity index (χ4v) is 3.04. The van der Waals surface area contributed by atoms with Gasteiger partial charge in [-0.25, -0.2) is 4.79 Å². The molecule has 0 N–H and O–H groups in total. The van der Waals surface area contributed by atoms with E-state index in [-0.39, 0.29) is 18.1 Å². The van der Waals surface area contributed by atoms with Crippen LogP contribution in [-0.2, 0) is 0 Å². The molecular weight excluding hydrogens is 274 g/mol. The third kappa shape index (κ3) is 3.07. The lowest BCUT2D eigenvalue weighted by Crippen LogP contribution is -2.45. The molecular formula is C15H22ClN3O. The molecule has 0 bridgehead atoms. The number of hydrogen-bond donors (Lipinski definition) is 0. The van der Waals surface area contributed by atoms with Gasteiger partial charge in [0.05, 0.1) is 0 Å². The van der Waals surface area contributed by atoms with Crippen LogP contribution in [0.1, 0.15) is 13.8 Å². The van der Waals surface area contributed by atoms with Gasteiger partial charge in [-0.15, -0.1) is 0 Å². The van der Waals surface area contributed by atoms with Gasteiger partial charge in [0.25, 0.3) is 0 Å². The van der Waals surface area contributed by atoms with Gasteiger partial charge < -0.3 is 9.80 Å². The summed E-state index contributed by atoms with van der Waals surface area (Å²) < 4.78 is 0. The molecule has 1 saturated heterocycles. The lowest BCUT2D eigenvalue weighted by Gasteiger charge is -2.30. The third-order valence-electron chi connectivity index (χ3n) is 3.60. The molecule has 0 saturated carbocycles. The highest BCUT2D eigenvalue weighted by atomic mass is 35.5. The average Bonchev–Trinajstić information content (AvgIpc) is 2.64. The van der Waals surface area contributed by atoms with E-state index in [4.69, 9.17) is 11.6 Å². The van der Waals surface area contributed by atoms with E-state index in [1.165, 1.54) is 0 Å². The van der Waals surface area contributed by atoms with E-state index in [0.717, 1.165) is 12.2 Å². The molecule has 4 nitrogen and oxygen atoms in total. The monoisotopic (exact) mass is 295 g/mol. The van der Waals surface area contributed by atoms with Crippen molar-refractivity contribution in [1.82, 2.24) is 9.80 Å². The maximum absolute atomic E-state index is 12.6. The Morgan fingerprint density at radius 1 is 1.45 bits per heavy atom. The predicted octanol–water partition coefficient (Wildman–Crippen LogP) is 2.92. The Morgan fingerprint density at radius 3 is 2.75 bits per heavy atom. The Kier molecular flexibility index (Phi) is 4.55. The van der Waals surface area contributed by atoms with Crippen LogP contribution in [0.3, 0.4) is 0 Å². The summed E-state index contributed by atoms with van der Waals surface area (Å²) in [6, 6.07) is 7.92. The summed E-state index contributed by atoms with van der Waals surface area (Å²) in [5.74, 6) is 0. The van der Waals surface area contributed by atoms with Crippen molar-refractivity contribution in [3.8, 4) is 0 Å². The Balaban J connectivity index is 2.18. The molecule has 2 unspecified atom stereocenters. The smallest absolute Gasteiger partial charge is 0.316 e. The minimum atomic E-state index is 0.0640. The maximum atomic E-state index is 12.6. The van der Waals surface area contributed by atoms with E-state index in [1.807, 2.05) is 48.2 Å². The summed E-state index contributed by atoms with van der Waals surface area (Å²) in [5, 5.41) is 0.655. The van der Waals surface area contributed by atoms with Crippen LogP contribution in [-0.4, -0.2) is 55.1 Å². The highest BCUT2D eigenvalue weighted by Crippen LogP contribution is 2.27. The first-order valence-corrected chi connectivity index (χ1v) is 7.28. The summed E-state index contributed by atoms with van der Waals surface area (Å²) in [5.41, 5.74) is 0.869. The van der Waals surface area contributed by atoms with Gasteiger partial charge in [-0.1, -0.05) is 17.7 Å². The number of benzene rings is 1. The van der Waals surface area contributed by atoms with Crippen LogP contribution in [0.2, 0.25) is 5.02 Å². The highest BCUT2D eigenvalue weighted by Gasteiger charge is 2.38. The Hall–Kier alpha value is -1.26. The van der Waals surface area contributed by atoms with Crippen LogP contribution in [0.15, 0.2) is 24.3 Å². The molecule has 1 aromatic carbocycles. The molecule has 0 aliphatic carbocycles. The van der Waals surface area contributed by atoms with Gasteiger partial charge >= 0.3 is 6.03 Å². The first-order chi connectivity index (χ1) is 9.40. The van der Waals surface area contributed by atoms with E-state index in [0.29, 0.717) is 11.6 Å². The second-order valence-corrected chi connectivity index (χ2v) is 6.18. The third-order valence-corrected chi connectivity index (χ3v) is 3.83. The number of halogens is 1. The second-order valence-electron chi connectivity index (χ2n) is 5.74. The lowest BCUT2D eigenvalue weighted by molar-refractivity contribution is 0.170. The highest BCUT2D eigenvalue weighted by molar-refractivity contribution is 6.30. The van der Waals surface area contributed by atoms with Gasteiger partial charge in [0, 0.05) is 35.9 Å². The first-order valence-electron chi connectivity index (χ1n) is 6.90. The van der Waals surface area contributed by atoms with E-state index >= 15 is 0 Å². The topological polar surface area (TPSA) is 26.8 Å². The van der Waals surface area contributed by atoms with Crippen molar-refractivity contribution < 1.29 is 4.79 Å². The number of nitrogens with zero attached hydrogens (tertiary/aromatic N) is 3. The summed E-state index contributed by atoms with van der Waals surface area (Å²) >= 11 is 6.02. The zero-order chi connectivity index (χ0) is 14.9. The SMILES string of the molecule is CC(CN(C)C)N1C(=O)N(c2cccc(Cl)c2)CC1C. The van der Waals surface area contributed by atoms with Crippen LogP contribution >= 0.6 is 11.6 Å². The van der Waals surface area contributed by atoms with E-state index in [9.17, 15) is 4.79 Å². The number of likely N-dealkylation sites (N-methyl/N-ethyl adjacent to an activating group) is 1. The van der Waals surface area contributed by atoms with Crippen LogP contribution in [0, 0.1) is 0 Å². The van der Waals surface area contributed by atoms with Gasteiger partial charge in [-0.2, -0.15) is 0 Å². The molecule has 0 spiro atoms. The Morgan fingerprint density at radius 2 is 2.15 bits per heavy atom. The van der Waals surface area contributed by atoms with Crippen molar-refractivity contribution in [2.24, 2.45) is 0 Å². The standard InChI is InChI=1S/C15H22ClN3O/c1-11(9-17(3)4)19-12(2)10-18(15(19)20)14-7-5-6-13(16)8-14/h5-8,11-12H,9-10H2,1-4H3. The van der Waals surface area contributed by atoms with Crippen molar-refractivity contribution in [3.05, 3.63) is 29.3 Å². The molecule has 5 heteroatoms. The number of rotatable bonds is 4. The van der Waals surface area contributed by atoms with Crippen molar-refractivity contribution in [2.45, 2.75) is 25.9 Å². The number of carbonyl (C=O) groups is 1. The number of anilines is 1. The molecule has 1 aliphatic heterocycles. The normalized spacial score (nSPS) is 20.9. The van der Waals surface area contributed by atoms with E-state index < -0.39 is 0 Å². The van der Waals surface area contributed by atoms with Crippen LogP contribution < -0.4 is 4.90 Å². The van der Waals surface area contributed by atoms with Crippen molar-refractivity contribution in [1.29, 1.82) is 0 Å². The molecule has 1 aromatic rings. The largest absolute Gasteiger partial charge is 0.325 e. The number of hydrogen-bond acceptors (Lipinski definition) is 2. The number of carbonyl (C=O) groups excluding carboxylic acids is 1. The first kappa shape index (κ1) is 15.1. The minimum Gasteiger partial charge on any atom is -0.316 e. The maximum Gasteiger partial charge on any atom is 0.325 e. The van der Waals surface area contributed by atoms with Gasteiger partial charge in [0.1, 0.15) is 0 Å². The van der Waals surface area contributed by atoms with Crippen LogP contribution in [0.5, 0.6) is 0 Å². The molecule has 1 fully saturated rings. The van der Waals surface area contributed by atoms with Crippen LogP contribution in [0.4, 0.5) is 10.5 Å². The Labute approximate surface area is 125 Å². The molecule has 0 aromatic heterocycles. The van der Waals surface area contributed by atoms with Crippen molar-refractivity contribution >= 4 is 23.3 Å². The number of amides is 2. The van der Waals surface area contributed by atoms with Crippen molar-refractivity contribution in [3.63, 3.8) is 0 Å². The minimum absolute atomic E-state index is 0.0640. The Bertz CT molecular complexity index is 492. The molecule has 110 valence electrons. The van der Waals surface area contributed by atoms with Gasteiger partial charge in [-0.05, 0) is 46.1 Å². The molecule has 2 rings (SSSR count). The average molecular weight is 296 g/mol. The fraction of sp³-hybridized carbons (Fsp3) is 0.533. The predicted molar refractivity (Wildman–Crippen MR) is 83.5 cm³/mol. The summed E-state index contributed by atoms with van der Waals surface area (Å²) in [4.78, 5) is 18.5. The summed E-state index contributed by atoms with van der Waals surface area (Å²) in [6.45, 7) is 5.75. The molecule has 1 heterocycles. The molecule has 2 atom stereocenters. The van der Waals surface area contributed by atoms with E-state index in [1.54, 1.807) is 0 Å². The van der Waals surface area contributed by atoms with Gasteiger partial charge in [0.15, 0.2) is 0 Å². The summed E-state index contributed by atoms with van der Waals surface area (Å²) in [6.07, 6.45) is 0. The van der Waals surface area contributed by atoms with Crippen molar-refractivity contribution in [2.75, 3.05) is 32.1 Å². The molecule has 2 amide bonds. The van der Waals surface area contributed by atoms with Gasteiger partial charge in [-0.3, -0.25) is 4.90 Å². The summed E-state index contributed by atoms with van der Waals surface area (Å²) in [7, 11) is 4.05. The van der Waals surface area contributed by atoms with Gasteiger partial charge in [0.2, 0.25) is 0 Å². The molecule has 0 radical (unpaired) electrons. The fourth-order valence-electron chi connectivity index (χ4n) is 2.86. The quantitative estimate of drug-likeness (QED) is 0.854. The zero-order valence-corrected chi connectivity index (χ0v) is 13.3. The lowest BCUT2D eigenvalue weighted by atomic mass is 10.2.